The van der Waals surface area contributed by atoms with Crippen LogP contribution in [0.25, 0.3) is 0 Å². The summed E-state index contributed by atoms with van der Waals surface area (Å²) in [4.78, 5) is 13.9. The fraction of sp³-hybridized carbons (Fsp3) is 0.379. The first-order valence-corrected chi connectivity index (χ1v) is 12.9. The Morgan fingerprint density at radius 3 is 2.17 bits per heavy atom. The van der Waals surface area contributed by atoms with E-state index in [1.807, 2.05) is 0 Å². The number of hydrogen-bond donors (Lipinski definition) is 2. The minimum atomic E-state index is 0.244. The van der Waals surface area contributed by atoms with E-state index in [0.29, 0.717) is 5.69 Å². The maximum Gasteiger partial charge on any atom is 0.157 e. The minimum absolute atomic E-state index is 0.244. The predicted molar refractivity (Wildman–Crippen MR) is 145 cm³/mol. The number of nitrogens with zero attached hydrogens (tertiary/aromatic N) is 4. The van der Waals surface area contributed by atoms with E-state index < -0.39 is 0 Å². The Hall–Kier alpha value is -3.38. The summed E-state index contributed by atoms with van der Waals surface area (Å²) in [6.07, 6.45) is 10.2. The normalized spacial score (nSPS) is 16.8. The molecule has 35 heavy (non-hydrogen) atoms. The van der Waals surface area contributed by atoms with Crippen LogP contribution >= 0.6 is 0 Å². The van der Waals surface area contributed by atoms with E-state index in [1.165, 1.54) is 36.8 Å². The number of aromatic nitrogens is 2. The largest absolute Gasteiger partial charge is 0.393 e. The number of anilines is 3. The Bertz CT molecular complexity index is 1070. The van der Waals surface area contributed by atoms with E-state index in [-0.39, 0.29) is 6.04 Å². The first kappa shape index (κ1) is 23.4. The zero-order valence-corrected chi connectivity index (χ0v) is 20.4. The molecule has 0 amide bonds. The molecule has 6 nitrogen and oxygen atoms in total. The maximum atomic E-state index is 6.55. The average Bonchev–Trinajstić information content (AvgIpc) is 2.92. The van der Waals surface area contributed by atoms with E-state index in [4.69, 9.17) is 5.73 Å². The molecule has 1 saturated heterocycles. The molecule has 2 aromatic carbocycles. The second kappa shape index (κ2) is 11.4. The number of nitrogens with two attached hydrogens (primary N) is 1. The van der Waals surface area contributed by atoms with Crippen LogP contribution < -0.4 is 16.0 Å². The molecule has 1 aromatic heterocycles. The van der Waals surface area contributed by atoms with Gasteiger partial charge in [-0.3, -0.25) is 4.90 Å². The molecule has 1 aliphatic carbocycles. The highest BCUT2D eigenvalue weighted by molar-refractivity contribution is 5.75. The van der Waals surface area contributed by atoms with Crippen molar-refractivity contribution in [2.75, 3.05) is 48.7 Å². The van der Waals surface area contributed by atoms with Crippen molar-refractivity contribution in [2.45, 2.75) is 38.1 Å². The van der Waals surface area contributed by atoms with Crippen LogP contribution in [-0.2, 0) is 0 Å². The van der Waals surface area contributed by atoms with Crippen LogP contribution in [0.4, 0.5) is 17.3 Å². The Kier molecular flexibility index (Phi) is 7.59. The molecule has 0 radical (unpaired) electrons. The quantitative estimate of drug-likeness (QED) is 0.439. The fourth-order valence-electron chi connectivity index (χ4n) is 5.33. The van der Waals surface area contributed by atoms with Crippen LogP contribution in [0.15, 0.2) is 78.6 Å². The molecule has 0 unspecified atom stereocenters. The van der Waals surface area contributed by atoms with Gasteiger partial charge in [-0.05, 0) is 43.2 Å². The lowest BCUT2D eigenvalue weighted by Gasteiger charge is -2.40. The van der Waals surface area contributed by atoms with Gasteiger partial charge in [0.2, 0.25) is 0 Å². The summed E-state index contributed by atoms with van der Waals surface area (Å²) in [6, 6.07) is 21.8. The molecule has 0 atom stereocenters. The first-order valence-electron chi connectivity index (χ1n) is 12.9. The van der Waals surface area contributed by atoms with Gasteiger partial charge in [0.15, 0.2) is 11.6 Å². The molecule has 0 saturated carbocycles. The van der Waals surface area contributed by atoms with Crippen LogP contribution in [-0.4, -0.2) is 47.6 Å². The second-order valence-electron chi connectivity index (χ2n) is 9.49. The summed E-state index contributed by atoms with van der Waals surface area (Å²) in [6.45, 7) is 4.49. The Labute approximate surface area is 208 Å². The highest BCUT2D eigenvalue weighted by atomic mass is 15.3. The number of benzene rings is 2. The minimum Gasteiger partial charge on any atom is -0.393 e. The molecule has 0 bridgehead atoms. The second-order valence-corrected chi connectivity index (χ2v) is 9.49. The smallest absolute Gasteiger partial charge is 0.157 e. The van der Waals surface area contributed by atoms with E-state index >= 15 is 0 Å². The van der Waals surface area contributed by atoms with Crippen molar-refractivity contribution in [1.29, 1.82) is 0 Å². The van der Waals surface area contributed by atoms with Gasteiger partial charge in [-0.1, -0.05) is 72.3 Å². The number of allylic oxidation sites excluding steroid dienone is 1. The molecule has 1 aliphatic heterocycles. The predicted octanol–water partition coefficient (Wildman–Crippen LogP) is 5.27. The highest BCUT2D eigenvalue weighted by Crippen LogP contribution is 2.32. The van der Waals surface area contributed by atoms with Crippen molar-refractivity contribution in [3.8, 4) is 0 Å². The van der Waals surface area contributed by atoms with E-state index in [2.05, 4.69) is 91.8 Å². The topological polar surface area (TPSA) is 70.3 Å². The van der Waals surface area contributed by atoms with Crippen molar-refractivity contribution < 1.29 is 0 Å². The average molecular weight is 469 g/mol. The van der Waals surface area contributed by atoms with Gasteiger partial charge in [0.05, 0.1) is 6.04 Å². The molecular formula is C29H36N6. The van der Waals surface area contributed by atoms with E-state index in [9.17, 15) is 0 Å². The number of piperazine rings is 1. The van der Waals surface area contributed by atoms with Gasteiger partial charge >= 0.3 is 0 Å². The zero-order valence-electron chi connectivity index (χ0n) is 20.4. The maximum absolute atomic E-state index is 6.55. The fourth-order valence-corrected chi connectivity index (χ4v) is 5.33. The molecule has 6 heteroatoms. The molecule has 2 heterocycles. The molecule has 1 fully saturated rings. The molecule has 182 valence electrons. The number of rotatable bonds is 8. The first-order chi connectivity index (χ1) is 17.3. The van der Waals surface area contributed by atoms with Gasteiger partial charge in [0.25, 0.3) is 0 Å². The number of nitrogen functional groups attached to an aromatic ring is 1. The monoisotopic (exact) mass is 468 g/mol. The summed E-state index contributed by atoms with van der Waals surface area (Å²) in [7, 11) is 0. The third-order valence-electron chi connectivity index (χ3n) is 7.20. The number of hydrogen-bond acceptors (Lipinski definition) is 6. The van der Waals surface area contributed by atoms with Gasteiger partial charge in [-0.25, -0.2) is 9.97 Å². The summed E-state index contributed by atoms with van der Waals surface area (Å²) in [5.41, 5.74) is 11.4. The Morgan fingerprint density at radius 2 is 1.54 bits per heavy atom. The van der Waals surface area contributed by atoms with Gasteiger partial charge < -0.3 is 16.0 Å². The van der Waals surface area contributed by atoms with Crippen LogP contribution in [0.3, 0.4) is 0 Å². The summed E-state index contributed by atoms with van der Waals surface area (Å²) in [5.74, 6) is 1.59. The van der Waals surface area contributed by atoms with Crippen LogP contribution in [0.2, 0.25) is 0 Å². The van der Waals surface area contributed by atoms with Crippen molar-refractivity contribution in [1.82, 2.24) is 14.9 Å². The lowest BCUT2D eigenvalue weighted by atomic mass is 9.96. The van der Waals surface area contributed by atoms with E-state index in [0.717, 1.165) is 50.8 Å². The third kappa shape index (κ3) is 5.65. The molecule has 2 aliphatic rings. The van der Waals surface area contributed by atoms with Crippen LogP contribution in [0.5, 0.6) is 0 Å². The standard InChI is InChI=1S/C29H36N6/c30-26-28(31-17-16-23-10-4-1-5-11-23)32-22-33-29(26)35-20-18-34(19-21-35)27(24-12-6-2-7-13-24)25-14-8-3-9-15-25/h2-3,6-10,12-15,22,27H,1,4-5,11,16-21,30H2,(H,31,32,33). The van der Waals surface area contributed by atoms with Crippen LogP contribution in [0, 0.1) is 0 Å². The molecule has 5 rings (SSSR count). The highest BCUT2D eigenvalue weighted by Gasteiger charge is 2.28. The van der Waals surface area contributed by atoms with Gasteiger partial charge in [-0.15, -0.1) is 0 Å². The lowest BCUT2D eigenvalue weighted by Crippen LogP contribution is -2.48. The van der Waals surface area contributed by atoms with Gasteiger partial charge in [-0.2, -0.15) is 0 Å². The molecule has 3 aromatic rings. The molecule has 0 spiro atoms. The zero-order chi connectivity index (χ0) is 23.9. The van der Waals surface area contributed by atoms with Crippen LogP contribution in [0.1, 0.15) is 49.3 Å². The van der Waals surface area contributed by atoms with Crippen molar-refractivity contribution in [3.05, 3.63) is 89.8 Å². The number of nitrogens with one attached hydrogen (secondary N) is 1. The molecule has 3 N–H and O–H groups in total. The van der Waals surface area contributed by atoms with Crippen molar-refractivity contribution >= 4 is 17.3 Å². The summed E-state index contributed by atoms with van der Waals surface area (Å²) >= 11 is 0. The molecular weight excluding hydrogens is 432 g/mol. The van der Waals surface area contributed by atoms with E-state index in [1.54, 1.807) is 11.9 Å². The third-order valence-corrected chi connectivity index (χ3v) is 7.20. The van der Waals surface area contributed by atoms with Gasteiger partial charge in [0, 0.05) is 32.7 Å². The summed E-state index contributed by atoms with van der Waals surface area (Å²) in [5, 5.41) is 3.46. The SMILES string of the molecule is Nc1c(NCCC2=CCCCC2)ncnc1N1CCN(C(c2ccccc2)c2ccccc2)CC1. The van der Waals surface area contributed by atoms with Gasteiger partial charge in [0.1, 0.15) is 12.0 Å². The Morgan fingerprint density at radius 1 is 0.857 bits per heavy atom. The summed E-state index contributed by atoms with van der Waals surface area (Å²) < 4.78 is 0. The lowest BCUT2D eigenvalue weighted by molar-refractivity contribution is 0.212. The van der Waals surface area contributed by atoms with Crippen molar-refractivity contribution in [2.24, 2.45) is 0 Å². The Balaban J connectivity index is 1.25. The van der Waals surface area contributed by atoms with Crippen molar-refractivity contribution in [3.63, 3.8) is 0 Å².